The van der Waals surface area contributed by atoms with Crippen molar-refractivity contribution in [3.8, 4) is 5.75 Å². The van der Waals surface area contributed by atoms with Gasteiger partial charge in [0.1, 0.15) is 11.3 Å². The molecule has 7 heteroatoms. The molecule has 3 aromatic rings. The Balaban J connectivity index is 1.40. The average Bonchev–Trinajstić information content (AvgIpc) is 3.44. The number of amides is 3. The van der Waals surface area contributed by atoms with Crippen LogP contribution in [0.2, 0.25) is 0 Å². The van der Waals surface area contributed by atoms with E-state index in [0.717, 1.165) is 22.3 Å². The first-order chi connectivity index (χ1) is 17.4. The van der Waals surface area contributed by atoms with Gasteiger partial charge in [0.2, 0.25) is 17.7 Å². The molecule has 0 unspecified atom stereocenters. The molecule has 0 radical (unpaired) electrons. The van der Waals surface area contributed by atoms with Crippen LogP contribution in [-0.2, 0) is 32.8 Å². The summed E-state index contributed by atoms with van der Waals surface area (Å²) < 4.78 is 0. The minimum atomic E-state index is -1.30. The van der Waals surface area contributed by atoms with Crippen LogP contribution in [0.4, 0.5) is 5.69 Å². The largest absolute Gasteiger partial charge is 0.508 e. The third kappa shape index (κ3) is 3.34. The van der Waals surface area contributed by atoms with Crippen LogP contribution in [0.25, 0.3) is 0 Å². The number of hydrogen-bond acceptors (Lipinski definition) is 5. The van der Waals surface area contributed by atoms with Crippen LogP contribution in [0.1, 0.15) is 22.3 Å². The molecule has 0 aliphatic carbocycles. The van der Waals surface area contributed by atoms with E-state index in [1.54, 1.807) is 24.3 Å². The second-order valence-electron chi connectivity index (χ2n) is 10.00. The second-order valence-corrected chi connectivity index (χ2v) is 10.00. The molecular formula is C29H27N3O4. The van der Waals surface area contributed by atoms with Gasteiger partial charge in [-0.25, -0.2) is 0 Å². The lowest BCUT2D eigenvalue weighted by Crippen LogP contribution is -2.53. The highest BCUT2D eigenvalue weighted by molar-refractivity contribution is 6.15. The molecule has 3 aliphatic rings. The minimum Gasteiger partial charge on any atom is -0.508 e. The summed E-state index contributed by atoms with van der Waals surface area (Å²) in [6, 6.07) is 21.9. The maximum Gasteiger partial charge on any atom is 0.250 e. The molecule has 3 heterocycles. The van der Waals surface area contributed by atoms with Crippen molar-refractivity contribution < 1.29 is 19.5 Å². The SMILES string of the molecule is Cc1ccc2c(c1)[C@@]1(N[C@@H](Cc3ccc(O)cc3)[C@H]3C(=O)N(CCc4ccccc4)C(=O)[C@H]31)C(=O)N2. The first-order valence-electron chi connectivity index (χ1n) is 12.3. The van der Waals surface area contributed by atoms with E-state index in [-0.39, 0.29) is 30.0 Å². The van der Waals surface area contributed by atoms with Crippen LogP contribution in [0.3, 0.4) is 0 Å². The number of carbonyl (C=O) groups excluding carboxylic acids is 3. The molecule has 6 rings (SSSR count). The predicted molar refractivity (Wildman–Crippen MR) is 134 cm³/mol. The second kappa shape index (κ2) is 8.31. The summed E-state index contributed by atoms with van der Waals surface area (Å²) in [7, 11) is 0. The summed E-state index contributed by atoms with van der Waals surface area (Å²) in [5, 5.41) is 16.1. The van der Waals surface area contributed by atoms with E-state index in [9.17, 15) is 19.5 Å². The van der Waals surface area contributed by atoms with Crippen molar-refractivity contribution in [2.75, 3.05) is 11.9 Å². The zero-order valence-electron chi connectivity index (χ0n) is 19.9. The molecule has 7 nitrogen and oxygen atoms in total. The standard InChI is InChI=1S/C29H27N3O4/c1-17-7-12-22-21(15-17)29(28(36)30-22)25-24(23(31-29)16-19-8-10-20(33)11-9-19)26(34)32(27(25)35)14-13-18-5-3-2-4-6-18/h2-12,15,23-25,31,33H,13-14,16H2,1H3,(H,30,36)/t23-,24+,25-,29-/m0/s1. The summed E-state index contributed by atoms with van der Waals surface area (Å²) in [6.07, 6.45) is 1.01. The number of anilines is 1. The average molecular weight is 482 g/mol. The Morgan fingerprint density at radius 2 is 1.67 bits per heavy atom. The van der Waals surface area contributed by atoms with Crippen molar-refractivity contribution in [2.45, 2.75) is 31.3 Å². The smallest absolute Gasteiger partial charge is 0.250 e. The highest BCUT2D eigenvalue weighted by Gasteiger charge is 2.70. The van der Waals surface area contributed by atoms with Gasteiger partial charge in [-0.2, -0.15) is 0 Å². The number of benzene rings is 3. The van der Waals surface area contributed by atoms with Crippen molar-refractivity contribution in [3.05, 3.63) is 95.1 Å². The lowest BCUT2D eigenvalue weighted by atomic mass is 9.76. The molecule has 4 atom stereocenters. The number of hydrogen-bond donors (Lipinski definition) is 3. The maximum atomic E-state index is 13.9. The molecule has 0 saturated carbocycles. The minimum absolute atomic E-state index is 0.159. The van der Waals surface area contributed by atoms with Crippen molar-refractivity contribution in [3.63, 3.8) is 0 Å². The first kappa shape index (κ1) is 22.5. The molecule has 3 N–H and O–H groups in total. The Kier molecular flexibility index (Phi) is 5.19. The Morgan fingerprint density at radius 3 is 2.42 bits per heavy atom. The predicted octanol–water partition coefficient (Wildman–Crippen LogP) is 2.91. The van der Waals surface area contributed by atoms with Gasteiger partial charge in [0.05, 0.1) is 11.8 Å². The summed E-state index contributed by atoms with van der Waals surface area (Å²) in [6.45, 7) is 2.23. The van der Waals surface area contributed by atoms with E-state index >= 15 is 0 Å². The van der Waals surface area contributed by atoms with Gasteiger partial charge in [0.25, 0.3) is 0 Å². The van der Waals surface area contributed by atoms with Gasteiger partial charge in [-0.3, -0.25) is 24.6 Å². The number of aromatic hydroxyl groups is 1. The highest BCUT2D eigenvalue weighted by atomic mass is 16.3. The number of phenolic OH excluding ortho intramolecular Hbond substituents is 1. The van der Waals surface area contributed by atoms with Gasteiger partial charge in [0, 0.05) is 23.8 Å². The molecule has 182 valence electrons. The molecule has 36 heavy (non-hydrogen) atoms. The van der Waals surface area contributed by atoms with Gasteiger partial charge in [-0.15, -0.1) is 0 Å². The summed E-state index contributed by atoms with van der Waals surface area (Å²) in [5.74, 6) is -2.16. The summed E-state index contributed by atoms with van der Waals surface area (Å²) in [4.78, 5) is 42.7. The van der Waals surface area contributed by atoms with Gasteiger partial charge in [-0.05, 0) is 49.1 Å². The fraction of sp³-hybridized carbons (Fsp3) is 0.276. The Morgan fingerprint density at radius 1 is 0.917 bits per heavy atom. The molecule has 3 aromatic carbocycles. The van der Waals surface area contributed by atoms with E-state index in [1.165, 1.54) is 4.90 Å². The van der Waals surface area contributed by atoms with Gasteiger partial charge in [0.15, 0.2) is 0 Å². The number of likely N-dealkylation sites (tertiary alicyclic amines) is 1. The van der Waals surface area contributed by atoms with Crippen LogP contribution in [0.5, 0.6) is 5.75 Å². The fourth-order valence-corrected chi connectivity index (χ4v) is 6.14. The monoisotopic (exact) mass is 481 g/mol. The van der Waals surface area contributed by atoms with Crippen LogP contribution < -0.4 is 10.6 Å². The number of phenols is 1. The molecule has 0 bridgehead atoms. The zero-order chi connectivity index (χ0) is 25.0. The van der Waals surface area contributed by atoms with Crippen LogP contribution in [0, 0.1) is 18.8 Å². The number of imide groups is 1. The van der Waals surface area contributed by atoms with Crippen molar-refractivity contribution in [2.24, 2.45) is 11.8 Å². The highest BCUT2D eigenvalue weighted by Crippen LogP contribution is 2.53. The van der Waals surface area contributed by atoms with Gasteiger partial charge >= 0.3 is 0 Å². The van der Waals surface area contributed by atoms with Crippen LogP contribution >= 0.6 is 0 Å². The van der Waals surface area contributed by atoms with E-state index in [4.69, 9.17) is 0 Å². The Hall–Kier alpha value is -3.97. The van der Waals surface area contributed by atoms with Gasteiger partial charge < -0.3 is 10.4 Å². The molecular weight excluding hydrogens is 454 g/mol. The van der Waals surface area contributed by atoms with E-state index in [0.29, 0.717) is 18.5 Å². The topological polar surface area (TPSA) is 98.7 Å². The molecule has 1 spiro atoms. The van der Waals surface area contributed by atoms with E-state index in [1.807, 2.05) is 55.5 Å². The number of rotatable bonds is 5. The Labute approximate surface area is 209 Å². The quantitative estimate of drug-likeness (QED) is 0.487. The van der Waals surface area contributed by atoms with Crippen LogP contribution in [0.15, 0.2) is 72.8 Å². The lowest BCUT2D eigenvalue weighted by Gasteiger charge is -2.29. The van der Waals surface area contributed by atoms with Crippen molar-refractivity contribution >= 4 is 23.4 Å². The number of fused-ring (bicyclic) bond motifs is 4. The molecule has 0 aromatic heterocycles. The van der Waals surface area contributed by atoms with Crippen LogP contribution in [-0.4, -0.2) is 40.3 Å². The molecule has 2 fully saturated rings. The first-order valence-corrected chi connectivity index (χ1v) is 12.3. The summed E-state index contributed by atoms with van der Waals surface area (Å²) >= 11 is 0. The number of nitrogens with one attached hydrogen (secondary N) is 2. The number of carbonyl (C=O) groups is 3. The van der Waals surface area contributed by atoms with Crippen molar-refractivity contribution in [1.82, 2.24) is 10.2 Å². The normalized spacial score (nSPS) is 26.4. The maximum absolute atomic E-state index is 13.9. The van der Waals surface area contributed by atoms with E-state index < -0.39 is 23.4 Å². The third-order valence-corrected chi connectivity index (χ3v) is 7.82. The third-order valence-electron chi connectivity index (χ3n) is 7.82. The fourth-order valence-electron chi connectivity index (χ4n) is 6.14. The zero-order valence-corrected chi connectivity index (χ0v) is 19.9. The van der Waals surface area contributed by atoms with Crippen molar-refractivity contribution in [1.29, 1.82) is 0 Å². The Bertz CT molecular complexity index is 1370. The van der Waals surface area contributed by atoms with Gasteiger partial charge in [-0.1, -0.05) is 60.2 Å². The summed E-state index contributed by atoms with van der Waals surface area (Å²) in [5.41, 5.74) is 3.02. The molecule has 2 saturated heterocycles. The molecule has 3 amide bonds. The molecule has 3 aliphatic heterocycles. The number of aryl methyl sites for hydroxylation is 1. The van der Waals surface area contributed by atoms with E-state index in [2.05, 4.69) is 10.6 Å². The lowest BCUT2D eigenvalue weighted by molar-refractivity contribution is -0.142. The number of nitrogens with zero attached hydrogens (tertiary/aromatic N) is 1.